The minimum atomic E-state index is -1.80. The molecule has 0 spiro atoms. The number of ketones is 1. The lowest BCUT2D eigenvalue weighted by Crippen LogP contribution is -2.18. The summed E-state index contributed by atoms with van der Waals surface area (Å²) in [5, 5.41) is 0.388. The van der Waals surface area contributed by atoms with Gasteiger partial charge >= 0.3 is 0 Å². The smallest absolute Gasteiger partial charge is 0.266 e. The quantitative estimate of drug-likeness (QED) is 0.442. The molecule has 30 heavy (non-hydrogen) atoms. The van der Waals surface area contributed by atoms with Crippen molar-refractivity contribution < 1.29 is 18.4 Å². The molecule has 0 N–H and O–H groups in total. The summed E-state index contributed by atoms with van der Waals surface area (Å²) in [7, 11) is 5.79. The highest BCUT2D eigenvalue weighted by Crippen LogP contribution is 2.31. The fourth-order valence-corrected chi connectivity index (χ4v) is 3.89. The predicted molar refractivity (Wildman–Crippen MR) is 112 cm³/mol. The van der Waals surface area contributed by atoms with Crippen molar-refractivity contribution >= 4 is 59.2 Å². The van der Waals surface area contributed by atoms with Gasteiger partial charge in [-0.2, -0.15) is 0 Å². The molecule has 0 bridgehead atoms. The topological polar surface area (TPSA) is 52.0 Å². The van der Waals surface area contributed by atoms with Crippen LogP contribution in [-0.2, 0) is 0 Å². The zero-order chi connectivity index (χ0) is 21.6. The molecule has 2 aromatic heterocycles. The summed E-state index contributed by atoms with van der Waals surface area (Å²) >= 11 is 12.3. The average Bonchev–Trinajstić information content (AvgIpc) is 3.06. The molecule has 1 aliphatic carbocycles. The van der Waals surface area contributed by atoms with Crippen molar-refractivity contribution in [2.45, 2.75) is 12.6 Å². The van der Waals surface area contributed by atoms with E-state index in [1.807, 2.05) is 0 Å². The molecule has 1 aromatic carbocycles. The Kier molecular flexibility index (Phi) is 5.34. The normalized spacial score (nSPS) is 16.3. The molecule has 0 saturated heterocycles. The number of carbonyl (C=O) groups excluding carboxylic acids is 2. The molecule has 0 saturated carbocycles. The number of hydrogen-bond donors (Lipinski definition) is 0. The van der Waals surface area contributed by atoms with Crippen LogP contribution in [-0.4, -0.2) is 35.3 Å². The number of aromatic nitrogens is 2. The van der Waals surface area contributed by atoms with Crippen LogP contribution in [0.4, 0.5) is 8.78 Å². The van der Waals surface area contributed by atoms with E-state index in [4.69, 9.17) is 31.0 Å². The fourth-order valence-electron chi connectivity index (χ4n) is 3.33. The van der Waals surface area contributed by atoms with Crippen LogP contribution < -0.4 is 5.46 Å². The van der Waals surface area contributed by atoms with Crippen LogP contribution in [0.3, 0.4) is 0 Å². The molecule has 0 fully saturated rings. The molecule has 1 atom stereocenters. The van der Waals surface area contributed by atoms with E-state index >= 15 is 0 Å². The lowest BCUT2D eigenvalue weighted by atomic mass is 9.92. The van der Waals surface area contributed by atoms with E-state index in [0.717, 1.165) is 10.6 Å². The second-order valence-electron chi connectivity index (χ2n) is 6.65. The van der Waals surface area contributed by atoms with E-state index in [9.17, 15) is 18.4 Å². The molecule has 148 valence electrons. The predicted octanol–water partition coefficient (Wildman–Crippen LogP) is 4.53. The summed E-state index contributed by atoms with van der Waals surface area (Å²) in [6.07, 6.45) is 2.90. The van der Waals surface area contributed by atoms with Crippen molar-refractivity contribution in [2.75, 3.05) is 0 Å². The Morgan fingerprint density at radius 1 is 1.23 bits per heavy atom. The maximum atomic E-state index is 14.3. The van der Waals surface area contributed by atoms with Crippen molar-refractivity contribution in [3.8, 4) is 0 Å². The third-order valence-corrected chi connectivity index (χ3v) is 5.36. The van der Waals surface area contributed by atoms with Crippen molar-refractivity contribution in [1.82, 2.24) is 9.55 Å². The first-order valence-electron chi connectivity index (χ1n) is 8.80. The highest BCUT2D eigenvalue weighted by Gasteiger charge is 2.31. The third kappa shape index (κ3) is 3.38. The average molecular weight is 443 g/mol. The first-order chi connectivity index (χ1) is 14.3. The van der Waals surface area contributed by atoms with Gasteiger partial charge in [0.25, 0.3) is 5.91 Å². The molecule has 3 aromatic rings. The number of pyridine rings is 1. The summed E-state index contributed by atoms with van der Waals surface area (Å²) in [6, 6.07) is 5.98. The number of halogens is 4. The number of fused-ring (bicyclic) bond motifs is 1. The highest BCUT2D eigenvalue weighted by atomic mass is 35.5. The van der Waals surface area contributed by atoms with Gasteiger partial charge in [-0.1, -0.05) is 46.9 Å². The monoisotopic (exact) mass is 442 g/mol. The zero-order valence-electron chi connectivity index (χ0n) is 15.2. The molecule has 1 unspecified atom stereocenters. The van der Waals surface area contributed by atoms with Crippen LogP contribution in [0, 0.1) is 0 Å². The van der Waals surface area contributed by atoms with Gasteiger partial charge < -0.3 is 0 Å². The van der Waals surface area contributed by atoms with E-state index in [-0.39, 0.29) is 44.1 Å². The van der Waals surface area contributed by atoms with Crippen LogP contribution in [0.25, 0.3) is 11.0 Å². The Hall–Kier alpha value is -2.77. The summed E-state index contributed by atoms with van der Waals surface area (Å²) in [6.45, 7) is 0. The lowest BCUT2D eigenvalue weighted by molar-refractivity contribution is 0.0964. The molecule has 4 rings (SSSR count). The number of Topliss-reactive ketones (excluding diaryl/α,β-unsaturated/α-hetero) is 1. The van der Waals surface area contributed by atoms with Gasteiger partial charge in [0.2, 0.25) is 0 Å². The van der Waals surface area contributed by atoms with Crippen LogP contribution in [0.2, 0.25) is 10.0 Å². The Balaban J connectivity index is 1.93. The van der Waals surface area contributed by atoms with Gasteiger partial charge in [0.05, 0.1) is 26.7 Å². The molecular weight excluding hydrogens is 432 g/mol. The van der Waals surface area contributed by atoms with Crippen LogP contribution in [0.15, 0.2) is 60.2 Å². The summed E-state index contributed by atoms with van der Waals surface area (Å²) < 4.78 is 29.6. The number of hydrogen-bond acceptors (Lipinski definition) is 3. The van der Waals surface area contributed by atoms with E-state index in [1.165, 1.54) is 36.7 Å². The summed E-state index contributed by atoms with van der Waals surface area (Å²) in [5.74, 6) is -2.50. The maximum absolute atomic E-state index is 14.3. The molecule has 9 heteroatoms. The summed E-state index contributed by atoms with van der Waals surface area (Å²) in [4.78, 5) is 30.3. The van der Waals surface area contributed by atoms with Crippen LogP contribution in [0.1, 0.15) is 27.1 Å². The summed E-state index contributed by atoms with van der Waals surface area (Å²) in [5.41, 5.74) is -0.417. The molecule has 1 aliphatic rings. The zero-order valence-corrected chi connectivity index (χ0v) is 16.7. The highest BCUT2D eigenvalue weighted by molar-refractivity contribution is 6.40. The van der Waals surface area contributed by atoms with Crippen molar-refractivity contribution in [1.29, 1.82) is 0 Å². The minimum Gasteiger partial charge on any atom is -0.289 e. The van der Waals surface area contributed by atoms with Gasteiger partial charge in [-0.3, -0.25) is 14.2 Å². The van der Waals surface area contributed by atoms with E-state index in [1.54, 1.807) is 6.07 Å². The van der Waals surface area contributed by atoms with E-state index in [2.05, 4.69) is 4.98 Å². The van der Waals surface area contributed by atoms with E-state index in [0.29, 0.717) is 0 Å². The van der Waals surface area contributed by atoms with Crippen molar-refractivity contribution in [3.63, 3.8) is 0 Å². The number of benzene rings is 1. The maximum Gasteiger partial charge on any atom is 0.266 e. The number of carbonyl (C=O) groups is 2. The minimum absolute atomic E-state index is 0.00437. The van der Waals surface area contributed by atoms with Crippen LogP contribution in [0.5, 0.6) is 0 Å². The molecule has 2 radical (unpaired) electrons. The molecule has 0 aliphatic heterocycles. The largest absolute Gasteiger partial charge is 0.289 e. The second kappa shape index (κ2) is 7.82. The van der Waals surface area contributed by atoms with Crippen LogP contribution >= 0.6 is 23.2 Å². The molecular formula is C21H11BCl2F2N2O2. The number of nitrogens with zero attached hydrogens (tertiary/aromatic N) is 2. The first-order valence-corrected chi connectivity index (χ1v) is 9.55. The Labute approximate surface area is 181 Å². The number of alkyl halides is 1. The van der Waals surface area contributed by atoms with Gasteiger partial charge in [0.1, 0.15) is 25.5 Å². The lowest BCUT2D eigenvalue weighted by Gasteiger charge is -2.14. The Bertz CT molecular complexity index is 1260. The van der Waals surface area contributed by atoms with Gasteiger partial charge in [0, 0.05) is 24.2 Å². The third-order valence-electron chi connectivity index (χ3n) is 4.73. The van der Waals surface area contributed by atoms with Gasteiger partial charge in [-0.15, -0.1) is 0 Å². The number of allylic oxidation sites excluding steroid dienone is 4. The molecule has 0 amide bonds. The SMILES string of the molecule is [B]c1cnc2c(c1)c(C(=O)C1=C(F)C=CCC1F)cn2C(=O)c1c(Cl)cccc1Cl. The molecule has 2 heterocycles. The Morgan fingerprint density at radius 3 is 2.60 bits per heavy atom. The first kappa shape index (κ1) is 20.5. The van der Waals surface area contributed by atoms with Gasteiger partial charge in [-0.25, -0.2) is 13.8 Å². The Morgan fingerprint density at radius 2 is 1.93 bits per heavy atom. The fraction of sp³-hybridized carbons (Fsp3) is 0.0952. The van der Waals surface area contributed by atoms with Crippen molar-refractivity contribution in [3.05, 3.63) is 81.4 Å². The van der Waals surface area contributed by atoms with Gasteiger partial charge in [0.15, 0.2) is 5.78 Å². The van der Waals surface area contributed by atoms with E-state index < -0.39 is 29.3 Å². The second-order valence-corrected chi connectivity index (χ2v) is 7.47. The molecule has 4 nitrogen and oxygen atoms in total. The number of rotatable bonds is 3. The standard InChI is InChI=1S/C21H11BCl2F2N2O2/c22-10-7-11-12(19(29)18-15(25)5-2-6-16(18)26)9-28(20(11)27-8-10)21(30)17-13(23)3-1-4-14(17)24/h1-5,7-9,16H,6H2. The van der Waals surface area contributed by atoms with Crippen molar-refractivity contribution in [2.24, 2.45) is 0 Å². The van der Waals surface area contributed by atoms with Gasteiger partial charge in [-0.05, 0) is 18.2 Å².